The Kier molecular flexibility index (Phi) is 4.65. The van der Waals surface area contributed by atoms with Crippen LogP contribution in [0.4, 0.5) is 4.79 Å². The standard InChI is InChI=1S/C23H24N4O3/c1-3-29-23(28)26-12-10-17(11-13-26)27-15(2)24-19-14-16(8-9-20(19)27)22-25-18-6-4-5-7-21(18)30-22/h4-9,14,17H,3,10-13H2,1-2H3. The molecule has 0 spiro atoms. The molecule has 2 aromatic heterocycles. The first-order chi connectivity index (χ1) is 14.6. The van der Waals surface area contributed by atoms with E-state index in [1.165, 1.54) is 0 Å². The minimum Gasteiger partial charge on any atom is -0.450 e. The van der Waals surface area contributed by atoms with Gasteiger partial charge in [0.2, 0.25) is 5.89 Å². The van der Waals surface area contributed by atoms with Gasteiger partial charge in [-0.2, -0.15) is 0 Å². The van der Waals surface area contributed by atoms with Gasteiger partial charge in [-0.25, -0.2) is 14.8 Å². The molecule has 0 saturated carbocycles. The Morgan fingerprint density at radius 3 is 2.70 bits per heavy atom. The van der Waals surface area contributed by atoms with Gasteiger partial charge in [-0.05, 0) is 57.0 Å². The zero-order chi connectivity index (χ0) is 20.7. The fourth-order valence-electron chi connectivity index (χ4n) is 4.33. The number of para-hydroxylation sites is 2. The fraction of sp³-hybridized carbons (Fsp3) is 0.348. The van der Waals surface area contributed by atoms with Crippen LogP contribution in [-0.4, -0.2) is 45.2 Å². The van der Waals surface area contributed by atoms with Crippen molar-refractivity contribution >= 4 is 28.2 Å². The smallest absolute Gasteiger partial charge is 0.409 e. The van der Waals surface area contributed by atoms with Crippen molar-refractivity contribution in [1.82, 2.24) is 19.4 Å². The van der Waals surface area contributed by atoms with Gasteiger partial charge in [0.15, 0.2) is 5.58 Å². The lowest BCUT2D eigenvalue weighted by Crippen LogP contribution is -2.39. The number of hydrogen-bond acceptors (Lipinski definition) is 5. The zero-order valence-electron chi connectivity index (χ0n) is 17.2. The van der Waals surface area contributed by atoms with Crippen molar-refractivity contribution in [3.63, 3.8) is 0 Å². The van der Waals surface area contributed by atoms with Crippen LogP contribution in [0.3, 0.4) is 0 Å². The molecule has 30 heavy (non-hydrogen) atoms. The maximum atomic E-state index is 12.0. The van der Waals surface area contributed by atoms with E-state index in [-0.39, 0.29) is 6.09 Å². The zero-order valence-corrected chi connectivity index (χ0v) is 17.2. The highest BCUT2D eigenvalue weighted by Crippen LogP contribution is 2.32. The summed E-state index contributed by atoms with van der Waals surface area (Å²) < 4.78 is 13.3. The Hall–Kier alpha value is -3.35. The molecule has 0 bridgehead atoms. The Labute approximate surface area is 174 Å². The van der Waals surface area contributed by atoms with E-state index in [2.05, 4.69) is 15.6 Å². The maximum absolute atomic E-state index is 12.0. The fourth-order valence-corrected chi connectivity index (χ4v) is 4.33. The van der Waals surface area contributed by atoms with Crippen LogP contribution in [0.5, 0.6) is 0 Å². The van der Waals surface area contributed by atoms with E-state index < -0.39 is 0 Å². The molecule has 0 aliphatic carbocycles. The van der Waals surface area contributed by atoms with Gasteiger partial charge in [-0.3, -0.25) is 0 Å². The first-order valence-electron chi connectivity index (χ1n) is 10.4. The molecule has 7 heteroatoms. The van der Waals surface area contributed by atoms with E-state index in [4.69, 9.17) is 14.1 Å². The van der Waals surface area contributed by atoms with Crippen molar-refractivity contribution in [1.29, 1.82) is 0 Å². The number of likely N-dealkylation sites (tertiary alicyclic amines) is 1. The number of oxazole rings is 1. The quantitative estimate of drug-likeness (QED) is 0.483. The van der Waals surface area contributed by atoms with Crippen LogP contribution in [0.1, 0.15) is 31.6 Å². The van der Waals surface area contributed by atoms with Gasteiger partial charge in [-0.15, -0.1) is 0 Å². The van der Waals surface area contributed by atoms with Crippen molar-refractivity contribution in [3.8, 4) is 11.5 Å². The van der Waals surface area contributed by atoms with E-state index in [1.807, 2.05) is 50.2 Å². The normalized spacial score (nSPS) is 15.2. The number of aromatic nitrogens is 3. The van der Waals surface area contributed by atoms with E-state index in [0.29, 0.717) is 31.6 Å². The Morgan fingerprint density at radius 2 is 1.93 bits per heavy atom. The molecule has 3 heterocycles. The third-order valence-corrected chi connectivity index (χ3v) is 5.76. The minimum absolute atomic E-state index is 0.217. The SMILES string of the molecule is CCOC(=O)N1CCC(n2c(C)nc3cc(-c4nc5ccccc5o4)ccc32)CC1. The molecule has 1 fully saturated rings. The molecular formula is C23H24N4O3. The Bertz CT molecular complexity index is 1180. The van der Waals surface area contributed by atoms with Crippen molar-refractivity contribution in [2.24, 2.45) is 0 Å². The van der Waals surface area contributed by atoms with Gasteiger partial charge in [0, 0.05) is 24.7 Å². The largest absolute Gasteiger partial charge is 0.450 e. The van der Waals surface area contributed by atoms with Gasteiger partial charge >= 0.3 is 6.09 Å². The maximum Gasteiger partial charge on any atom is 0.409 e. The topological polar surface area (TPSA) is 73.4 Å². The summed E-state index contributed by atoms with van der Waals surface area (Å²) in [5.74, 6) is 1.59. The monoisotopic (exact) mass is 404 g/mol. The second-order valence-electron chi connectivity index (χ2n) is 7.64. The highest BCUT2D eigenvalue weighted by atomic mass is 16.6. The summed E-state index contributed by atoms with van der Waals surface area (Å²) >= 11 is 0. The average Bonchev–Trinajstić information content (AvgIpc) is 3.33. The van der Waals surface area contributed by atoms with E-state index in [0.717, 1.165) is 46.4 Å². The van der Waals surface area contributed by atoms with E-state index >= 15 is 0 Å². The average molecular weight is 404 g/mol. The van der Waals surface area contributed by atoms with Crippen LogP contribution in [-0.2, 0) is 4.74 Å². The van der Waals surface area contributed by atoms with Crippen molar-refractivity contribution in [3.05, 3.63) is 48.3 Å². The highest BCUT2D eigenvalue weighted by molar-refractivity contribution is 5.83. The second kappa shape index (κ2) is 7.48. The van der Waals surface area contributed by atoms with Crippen LogP contribution >= 0.6 is 0 Å². The molecule has 1 aliphatic rings. The third-order valence-electron chi connectivity index (χ3n) is 5.76. The molecule has 1 saturated heterocycles. The number of carbonyl (C=O) groups excluding carboxylic acids is 1. The second-order valence-corrected chi connectivity index (χ2v) is 7.64. The van der Waals surface area contributed by atoms with Crippen LogP contribution in [0.15, 0.2) is 46.9 Å². The molecule has 0 N–H and O–H groups in total. The summed E-state index contributed by atoms with van der Waals surface area (Å²) in [6.07, 6.45) is 1.56. The van der Waals surface area contributed by atoms with Crippen LogP contribution < -0.4 is 0 Å². The molecule has 0 unspecified atom stereocenters. The number of piperidine rings is 1. The third kappa shape index (κ3) is 3.20. The van der Waals surface area contributed by atoms with Gasteiger partial charge in [0.1, 0.15) is 11.3 Å². The molecule has 2 aromatic carbocycles. The number of benzene rings is 2. The lowest BCUT2D eigenvalue weighted by molar-refractivity contribution is 0.0928. The number of carbonyl (C=O) groups is 1. The van der Waals surface area contributed by atoms with Crippen LogP contribution in [0.2, 0.25) is 0 Å². The number of ether oxygens (including phenoxy) is 1. The number of hydrogen-bond donors (Lipinski definition) is 0. The summed E-state index contributed by atoms with van der Waals surface area (Å²) in [5, 5.41) is 0. The van der Waals surface area contributed by atoms with Gasteiger partial charge in [0.25, 0.3) is 0 Å². The molecule has 1 aliphatic heterocycles. The Balaban J connectivity index is 1.42. The summed E-state index contributed by atoms with van der Waals surface area (Å²) in [5.41, 5.74) is 4.58. The van der Waals surface area contributed by atoms with Gasteiger partial charge < -0.3 is 18.6 Å². The van der Waals surface area contributed by atoms with Crippen molar-refractivity contribution in [2.75, 3.05) is 19.7 Å². The van der Waals surface area contributed by atoms with Gasteiger partial charge in [0.05, 0.1) is 17.6 Å². The number of imidazole rings is 1. The van der Waals surface area contributed by atoms with Crippen LogP contribution in [0, 0.1) is 6.92 Å². The first kappa shape index (κ1) is 18.7. The molecular weight excluding hydrogens is 380 g/mol. The lowest BCUT2D eigenvalue weighted by atomic mass is 10.0. The molecule has 5 rings (SSSR count). The highest BCUT2D eigenvalue weighted by Gasteiger charge is 2.26. The first-order valence-corrected chi connectivity index (χ1v) is 10.4. The van der Waals surface area contributed by atoms with Crippen LogP contribution in [0.25, 0.3) is 33.6 Å². The van der Waals surface area contributed by atoms with Crippen molar-refractivity contribution in [2.45, 2.75) is 32.7 Å². The molecule has 7 nitrogen and oxygen atoms in total. The predicted octanol–water partition coefficient (Wildman–Crippen LogP) is 4.95. The lowest BCUT2D eigenvalue weighted by Gasteiger charge is -2.32. The summed E-state index contributed by atoms with van der Waals surface area (Å²) in [7, 11) is 0. The minimum atomic E-state index is -0.217. The molecule has 154 valence electrons. The van der Waals surface area contributed by atoms with E-state index in [1.54, 1.807) is 4.90 Å². The summed E-state index contributed by atoms with van der Waals surface area (Å²) in [6.45, 7) is 5.68. The van der Waals surface area contributed by atoms with Gasteiger partial charge in [-0.1, -0.05) is 12.1 Å². The summed E-state index contributed by atoms with van der Waals surface area (Å²) in [6, 6.07) is 14.3. The summed E-state index contributed by atoms with van der Waals surface area (Å²) in [4.78, 5) is 23.2. The predicted molar refractivity (Wildman–Crippen MR) is 114 cm³/mol. The molecule has 0 radical (unpaired) electrons. The molecule has 4 aromatic rings. The number of fused-ring (bicyclic) bond motifs is 2. The molecule has 1 amide bonds. The number of amides is 1. The number of rotatable bonds is 3. The number of nitrogens with zero attached hydrogens (tertiary/aromatic N) is 4. The molecule has 0 atom stereocenters. The van der Waals surface area contributed by atoms with E-state index in [9.17, 15) is 4.79 Å². The Morgan fingerprint density at radius 1 is 1.13 bits per heavy atom. The van der Waals surface area contributed by atoms with Crippen molar-refractivity contribution < 1.29 is 13.9 Å². The number of aryl methyl sites for hydroxylation is 1.